The predicted octanol–water partition coefficient (Wildman–Crippen LogP) is 2.38. The summed E-state index contributed by atoms with van der Waals surface area (Å²) < 4.78 is 15.2. The second kappa shape index (κ2) is 26.1. The van der Waals surface area contributed by atoms with Gasteiger partial charge < -0.3 is 30.2 Å². The molecule has 0 saturated carbocycles. The lowest BCUT2D eigenvalue weighted by Gasteiger charge is -2.21. The zero-order chi connectivity index (χ0) is 20.6. The highest BCUT2D eigenvalue weighted by atomic mass is 32.2. The maximum atomic E-state index is 5.21. The van der Waals surface area contributed by atoms with Crippen molar-refractivity contribution in [1.29, 1.82) is 0 Å². The molecule has 0 aromatic heterocycles. The number of morpholine rings is 3. The summed E-state index contributed by atoms with van der Waals surface area (Å²) in [5.74, 6) is 0. The fraction of sp³-hybridized carbons (Fsp3) is 1.00. The van der Waals surface area contributed by atoms with E-state index in [1.54, 1.807) is 0 Å². The molecule has 6 nitrogen and oxygen atoms in total. The molecule has 3 N–H and O–H groups in total. The molecule has 0 spiro atoms. The number of hydrogen-bond acceptors (Lipinski definition) is 7. The fourth-order valence-electron chi connectivity index (χ4n) is 1.91. The molecule has 0 amide bonds. The highest BCUT2D eigenvalue weighted by molar-refractivity contribution is 7.99. The van der Waals surface area contributed by atoms with E-state index in [0.717, 1.165) is 77.6 Å². The molecule has 3 heterocycles. The smallest absolute Gasteiger partial charge is 0.0620 e. The molecule has 3 fully saturated rings. The van der Waals surface area contributed by atoms with Crippen molar-refractivity contribution >= 4 is 11.8 Å². The van der Waals surface area contributed by atoms with Gasteiger partial charge in [-0.1, -0.05) is 34.6 Å². The summed E-state index contributed by atoms with van der Waals surface area (Å²) in [5, 5.41) is 10.5. The van der Waals surface area contributed by atoms with Crippen LogP contribution >= 0.6 is 11.8 Å². The second-order valence-corrected chi connectivity index (χ2v) is 7.56. The van der Waals surface area contributed by atoms with Crippen LogP contribution in [0.2, 0.25) is 0 Å². The first-order valence-electron chi connectivity index (χ1n) is 10.6. The lowest BCUT2D eigenvalue weighted by atomic mass is 10.2. The van der Waals surface area contributed by atoms with E-state index in [9.17, 15) is 0 Å². The van der Waals surface area contributed by atoms with Gasteiger partial charge in [-0.3, -0.25) is 0 Å². The third-order valence-corrected chi connectivity index (χ3v) is 4.60. The first kappa shape index (κ1) is 29.3. The van der Waals surface area contributed by atoms with Crippen LogP contribution in [0.4, 0.5) is 0 Å². The van der Waals surface area contributed by atoms with Crippen molar-refractivity contribution in [3.8, 4) is 0 Å². The van der Waals surface area contributed by atoms with Crippen molar-refractivity contribution in [2.45, 2.75) is 52.3 Å². The third kappa shape index (κ3) is 26.1. The van der Waals surface area contributed by atoms with E-state index in [2.05, 4.69) is 43.0 Å². The molecule has 0 aromatic carbocycles. The monoisotopic (exact) mass is 409 g/mol. The summed E-state index contributed by atoms with van der Waals surface area (Å²) in [6, 6.07) is 0.615. The summed E-state index contributed by atoms with van der Waals surface area (Å²) in [7, 11) is 0. The maximum Gasteiger partial charge on any atom is 0.0620 e. The highest BCUT2D eigenvalue weighted by Gasteiger charge is 2.08. The van der Waals surface area contributed by atoms with Crippen molar-refractivity contribution in [2.24, 2.45) is 0 Å². The molecule has 3 saturated heterocycles. The van der Waals surface area contributed by atoms with Crippen LogP contribution in [-0.4, -0.2) is 89.9 Å². The van der Waals surface area contributed by atoms with Gasteiger partial charge in [0.1, 0.15) is 0 Å². The number of thioether (sulfide) groups is 1. The molecular formula is C20H47N3O3S. The molecule has 0 aromatic rings. The molecule has 1 unspecified atom stereocenters. The Hall–Kier alpha value is 0.110. The Kier molecular flexibility index (Phi) is 28.3. The minimum Gasteiger partial charge on any atom is -0.379 e. The largest absolute Gasteiger partial charge is 0.379 e. The van der Waals surface area contributed by atoms with Gasteiger partial charge in [0, 0.05) is 38.8 Å². The second-order valence-electron chi connectivity index (χ2n) is 6.14. The molecule has 3 aliphatic rings. The molecule has 0 radical (unpaired) electrons. The van der Waals surface area contributed by atoms with Crippen LogP contribution in [0.3, 0.4) is 0 Å². The van der Waals surface area contributed by atoms with Crippen LogP contribution in [0.5, 0.6) is 0 Å². The van der Waals surface area contributed by atoms with E-state index in [1.165, 1.54) is 6.42 Å². The van der Waals surface area contributed by atoms with Crippen LogP contribution in [0.25, 0.3) is 0 Å². The van der Waals surface area contributed by atoms with Gasteiger partial charge in [-0.25, -0.2) is 0 Å². The van der Waals surface area contributed by atoms with Gasteiger partial charge in [0.15, 0.2) is 0 Å². The van der Waals surface area contributed by atoms with Crippen molar-refractivity contribution < 1.29 is 14.2 Å². The molecule has 3 aliphatic heterocycles. The molecular weight excluding hydrogens is 362 g/mol. The minimum absolute atomic E-state index is 0.615. The molecule has 3 rings (SSSR count). The standard InChI is InChI=1S/C6H13NO.2C4H9NO.C4H10S.C2H6/c1-2-6-5-8-4-3-7-6;2*1-3-6-4-2-5-1;1-4(2)5-3;1-2/h6-7H,2-5H2,1H3;2*5H,1-4H2;4H,1-3H3;1-2H3. The first-order valence-corrected chi connectivity index (χ1v) is 11.9. The Labute approximate surface area is 173 Å². The van der Waals surface area contributed by atoms with Gasteiger partial charge in [-0.15, -0.1) is 0 Å². The lowest BCUT2D eigenvalue weighted by molar-refractivity contribution is 0.0758. The summed E-state index contributed by atoms with van der Waals surface area (Å²) >= 11 is 1.88. The average Bonchev–Trinajstić information content (AvgIpc) is 2.79. The molecule has 0 aliphatic carbocycles. The van der Waals surface area contributed by atoms with Gasteiger partial charge >= 0.3 is 0 Å². The van der Waals surface area contributed by atoms with Gasteiger partial charge in [-0.05, 0) is 17.9 Å². The Morgan fingerprint density at radius 1 is 0.815 bits per heavy atom. The van der Waals surface area contributed by atoms with Crippen molar-refractivity contribution in [2.75, 3.05) is 78.6 Å². The SMILES string of the molecule is C1COCCN1.C1COCCN1.CC.CCC1COCCN1.CSC(C)C. The van der Waals surface area contributed by atoms with Crippen LogP contribution < -0.4 is 16.0 Å². The van der Waals surface area contributed by atoms with Gasteiger partial charge in [0.05, 0.1) is 39.6 Å². The van der Waals surface area contributed by atoms with Gasteiger partial charge in [0.25, 0.3) is 0 Å². The Morgan fingerprint density at radius 3 is 1.37 bits per heavy atom. The van der Waals surface area contributed by atoms with E-state index < -0.39 is 0 Å². The molecule has 27 heavy (non-hydrogen) atoms. The van der Waals surface area contributed by atoms with Crippen molar-refractivity contribution in [1.82, 2.24) is 16.0 Å². The van der Waals surface area contributed by atoms with E-state index in [0.29, 0.717) is 6.04 Å². The Morgan fingerprint density at radius 2 is 1.22 bits per heavy atom. The zero-order valence-corrected chi connectivity index (χ0v) is 19.6. The quantitative estimate of drug-likeness (QED) is 0.647. The van der Waals surface area contributed by atoms with E-state index >= 15 is 0 Å². The Bertz CT molecular complexity index is 214. The molecule has 1 atom stereocenters. The normalized spacial score (nSPS) is 21.7. The van der Waals surface area contributed by atoms with Crippen LogP contribution in [0, 0.1) is 0 Å². The highest BCUT2D eigenvalue weighted by Crippen LogP contribution is 2.00. The summed E-state index contributed by atoms with van der Waals surface area (Å²) in [6.07, 6.45) is 3.30. The topological polar surface area (TPSA) is 63.8 Å². The number of ether oxygens (including phenoxy) is 3. The molecule has 7 heteroatoms. The predicted molar refractivity (Wildman–Crippen MR) is 120 cm³/mol. The number of nitrogens with one attached hydrogen (secondary N) is 3. The number of rotatable bonds is 2. The van der Waals surface area contributed by atoms with Gasteiger partial charge in [0.2, 0.25) is 0 Å². The van der Waals surface area contributed by atoms with E-state index in [1.807, 2.05) is 25.6 Å². The minimum atomic E-state index is 0.615. The van der Waals surface area contributed by atoms with Crippen LogP contribution in [0.15, 0.2) is 0 Å². The van der Waals surface area contributed by atoms with Crippen LogP contribution in [-0.2, 0) is 14.2 Å². The molecule has 166 valence electrons. The summed E-state index contributed by atoms with van der Waals surface area (Å²) in [6.45, 7) is 21.0. The summed E-state index contributed by atoms with van der Waals surface area (Å²) in [5.41, 5.74) is 0. The van der Waals surface area contributed by atoms with Crippen molar-refractivity contribution in [3.05, 3.63) is 0 Å². The average molecular weight is 410 g/mol. The zero-order valence-electron chi connectivity index (χ0n) is 18.8. The first-order chi connectivity index (χ1) is 13.2. The summed E-state index contributed by atoms with van der Waals surface area (Å²) in [4.78, 5) is 0. The van der Waals surface area contributed by atoms with Crippen molar-refractivity contribution in [3.63, 3.8) is 0 Å². The van der Waals surface area contributed by atoms with E-state index in [4.69, 9.17) is 14.2 Å². The Balaban J connectivity index is 0. The molecule has 0 bridgehead atoms. The van der Waals surface area contributed by atoms with Gasteiger partial charge in [-0.2, -0.15) is 11.8 Å². The third-order valence-electron chi connectivity index (χ3n) is 3.66. The van der Waals surface area contributed by atoms with E-state index in [-0.39, 0.29) is 0 Å². The fourth-order valence-corrected chi connectivity index (χ4v) is 1.91. The number of hydrogen-bond donors (Lipinski definition) is 3. The maximum absolute atomic E-state index is 5.21. The van der Waals surface area contributed by atoms with Crippen LogP contribution in [0.1, 0.15) is 41.0 Å². The lowest BCUT2D eigenvalue weighted by Crippen LogP contribution is -2.40.